The monoisotopic (exact) mass is 299 g/mol. The van der Waals surface area contributed by atoms with Gasteiger partial charge in [0.1, 0.15) is 0 Å². The number of nitro groups is 1. The lowest BCUT2D eigenvalue weighted by molar-refractivity contribution is -0.384. The Morgan fingerprint density at radius 3 is 2.80 bits per heavy atom. The van der Waals surface area contributed by atoms with Gasteiger partial charge in [-0.3, -0.25) is 10.1 Å². The van der Waals surface area contributed by atoms with Crippen LogP contribution in [0.5, 0.6) is 0 Å². The van der Waals surface area contributed by atoms with Gasteiger partial charge in [0.2, 0.25) is 0 Å². The minimum atomic E-state index is -1.23. The van der Waals surface area contributed by atoms with Gasteiger partial charge in [0, 0.05) is 25.2 Å². The Bertz CT molecular complexity index is 564. The van der Waals surface area contributed by atoms with Crippen molar-refractivity contribution in [3.63, 3.8) is 0 Å². The molecule has 1 aliphatic heterocycles. The van der Waals surface area contributed by atoms with E-state index in [1.807, 2.05) is 4.90 Å². The molecule has 0 aliphatic carbocycles. The zero-order valence-corrected chi connectivity index (χ0v) is 11.3. The van der Waals surface area contributed by atoms with Crippen molar-refractivity contribution < 1.29 is 14.8 Å². The number of halogens is 1. The van der Waals surface area contributed by atoms with Crippen LogP contribution in [0.15, 0.2) is 12.1 Å². The van der Waals surface area contributed by atoms with Gasteiger partial charge in [-0.25, -0.2) is 4.79 Å². The SMILES string of the molecule is NCC1CCN(c2c(Cl)cc([N+](=O)[O-])cc2C(=O)O)C1. The third-order valence-electron chi connectivity index (χ3n) is 3.42. The van der Waals surface area contributed by atoms with Crippen molar-refractivity contribution in [2.75, 3.05) is 24.5 Å². The summed E-state index contributed by atoms with van der Waals surface area (Å²) in [5, 5.41) is 20.1. The van der Waals surface area contributed by atoms with Crippen LogP contribution in [0.2, 0.25) is 5.02 Å². The van der Waals surface area contributed by atoms with E-state index in [2.05, 4.69) is 0 Å². The fourth-order valence-corrected chi connectivity index (χ4v) is 2.74. The second-order valence-corrected chi connectivity index (χ2v) is 5.13. The number of nitrogens with zero attached hydrogens (tertiary/aromatic N) is 2. The summed E-state index contributed by atoms with van der Waals surface area (Å²) < 4.78 is 0. The summed E-state index contributed by atoms with van der Waals surface area (Å²) in [6.45, 7) is 1.76. The van der Waals surface area contributed by atoms with Gasteiger partial charge in [-0.15, -0.1) is 0 Å². The number of aromatic carboxylic acids is 1. The Morgan fingerprint density at radius 2 is 2.30 bits per heavy atom. The van der Waals surface area contributed by atoms with Crippen LogP contribution in [-0.2, 0) is 0 Å². The van der Waals surface area contributed by atoms with Crippen molar-refractivity contribution in [3.8, 4) is 0 Å². The predicted octanol–water partition coefficient (Wildman–Crippen LogP) is 1.73. The van der Waals surface area contributed by atoms with Crippen LogP contribution in [0.25, 0.3) is 0 Å². The summed E-state index contributed by atoms with van der Waals surface area (Å²) in [5.41, 5.74) is 5.46. The highest BCUT2D eigenvalue weighted by molar-refractivity contribution is 6.34. The molecule has 1 aromatic carbocycles. The molecule has 1 atom stereocenters. The van der Waals surface area contributed by atoms with E-state index in [9.17, 15) is 20.0 Å². The molecule has 8 heteroatoms. The zero-order valence-electron chi connectivity index (χ0n) is 10.6. The Labute approximate surface area is 120 Å². The number of hydrogen-bond acceptors (Lipinski definition) is 5. The van der Waals surface area contributed by atoms with E-state index in [0.717, 1.165) is 12.5 Å². The second kappa shape index (κ2) is 5.64. The van der Waals surface area contributed by atoms with Crippen LogP contribution in [-0.4, -0.2) is 35.6 Å². The van der Waals surface area contributed by atoms with Crippen molar-refractivity contribution >= 4 is 28.9 Å². The largest absolute Gasteiger partial charge is 0.478 e. The molecule has 108 valence electrons. The van der Waals surface area contributed by atoms with Crippen LogP contribution in [0.1, 0.15) is 16.8 Å². The van der Waals surface area contributed by atoms with Crippen LogP contribution in [0.3, 0.4) is 0 Å². The first-order valence-corrected chi connectivity index (χ1v) is 6.48. The maximum absolute atomic E-state index is 11.3. The van der Waals surface area contributed by atoms with Gasteiger partial charge >= 0.3 is 5.97 Å². The minimum absolute atomic E-state index is 0.0780. The van der Waals surface area contributed by atoms with Gasteiger partial charge in [-0.2, -0.15) is 0 Å². The van der Waals surface area contributed by atoms with Crippen LogP contribution < -0.4 is 10.6 Å². The van der Waals surface area contributed by atoms with E-state index < -0.39 is 10.9 Å². The number of nitrogens with two attached hydrogens (primary N) is 1. The number of carbonyl (C=O) groups is 1. The van der Waals surface area contributed by atoms with Gasteiger partial charge in [0.25, 0.3) is 5.69 Å². The molecule has 0 saturated carbocycles. The molecule has 0 spiro atoms. The standard InChI is InChI=1S/C12H14ClN3O4/c13-10-4-8(16(19)20)3-9(12(17)18)11(10)15-2-1-7(5-14)6-15/h3-4,7H,1-2,5-6,14H2,(H,17,18). The van der Waals surface area contributed by atoms with Crippen molar-refractivity contribution in [2.24, 2.45) is 11.7 Å². The maximum atomic E-state index is 11.3. The van der Waals surface area contributed by atoms with Gasteiger partial charge in [-0.1, -0.05) is 11.6 Å². The molecule has 1 saturated heterocycles. The molecule has 20 heavy (non-hydrogen) atoms. The average Bonchev–Trinajstić information content (AvgIpc) is 2.85. The molecule has 2 rings (SSSR count). The van der Waals surface area contributed by atoms with E-state index in [4.69, 9.17) is 17.3 Å². The van der Waals surface area contributed by atoms with Gasteiger partial charge in [0.05, 0.1) is 21.2 Å². The van der Waals surface area contributed by atoms with E-state index >= 15 is 0 Å². The minimum Gasteiger partial charge on any atom is -0.478 e. The normalized spacial score (nSPS) is 18.3. The first-order valence-electron chi connectivity index (χ1n) is 6.10. The van der Waals surface area contributed by atoms with Crippen LogP contribution in [0.4, 0.5) is 11.4 Å². The summed E-state index contributed by atoms with van der Waals surface area (Å²) in [6.07, 6.45) is 0.850. The smallest absolute Gasteiger partial charge is 0.338 e. The summed E-state index contributed by atoms with van der Waals surface area (Å²) >= 11 is 6.05. The Morgan fingerprint density at radius 1 is 1.60 bits per heavy atom. The van der Waals surface area contributed by atoms with E-state index in [1.54, 1.807) is 0 Å². The van der Waals surface area contributed by atoms with E-state index in [0.29, 0.717) is 25.3 Å². The van der Waals surface area contributed by atoms with Gasteiger partial charge in [0.15, 0.2) is 0 Å². The Hall–Kier alpha value is -1.86. The number of nitro benzene ring substituents is 1. The van der Waals surface area contributed by atoms with E-state index in [-0.39, 0.29) is 22.2 Å². The molecule has 1 fully saturated rings. The number of carboxylic acids is 1. The molecule has 1 heterocycles. The van der Waals surface area contributed by atoms with Gasteiger partial charge < -0.3 is 15.7 Å². The molecule has 1 aromatic rings. The fourth-order valence-electron chi connectivity index (χ4n) is 2.40. The number of hydrogen-bond donors (Lipinski definition) is 2. The number of non-ortho nitro benzene ring substituents is 1. The van der Waals surface area contributed by atoms with E-state index in [1.165, 1.54) is 6.07 Å². The lowest BCUT2D eigenvalue weighted by Gasteiger charge is -2.22. The molecule has 7 nitrogen and oxygen atoms in total. The third kappa shape index (κ3) is 2.68. The summed E-state index contributed by atoms with van der Waals surface area (Å²) in [7, 11) is 0. The predicted molar refractivity (Wildman–Crippen MR) is 74.4 cm³/mol. The molecule has 3 N–H and O–H groups in total. The topological polar surface area (TPSA) is 110 Å². The number of carboxylic acid groups (broad SMARTS) is 1. The number of rotatable bonds is 4. The van der Waals surface area contributed by atoms with Crippen LogP contribution >= 0.6 is 11.6 Å². The molecule has 1 aliphatic rings. The average molecular weight is 300 g/mol. The lowest BCUT2D eigenvalue weighted by atomic mass is 10.1. The quantitative estimate of drug-likeness (QED) is 0.647. The van der Waals surface area contributed by atoms with Gasteiger partial charge in [-0.05, 0) is 18.9 Å². The lowest BCUT2D eigenvalue weighted by Crippen LogP contribution is -2.24. The fraction of sp³-hybridized carbons (Fsp3) is 0.417. The van der Waals surface area contributed by atoms with Crippen molar-refractivity contribution in [1.82, 2.24) is 0 Å². The molecule has 1 unspecified atom stereocenters. The summed E-state index contributed by atoms with van der Waals surface area (Å²) in [5.74, 6) is -0.954. The molecule has 0 bridgehead atoms. The maximum Gasteiger partial charge on any atom is 0.338 e. The highest BCUT2D eigenvalue weighted by atomic mass is 35.5. The van der Waals surface area contributed by atoms with Crippen molar-refractivity contribution in [2.45, 2.75) is 6.42 Å². The first-order chi connectivity index (χ1) is 9.43. The number of benzene rings is 1. The molecular weight excluding hydrogens is 286 g/mol. The second-order valence-electron chi connectivity index (χ2n) is 4.72. The Balaban J connectivity index is 2.47. The molecule has 0 amide bonds. The highest BCUT2D eigenvalue weighted by Gasteiger charge is 2.29. The Kier molecular flexibility index (Phi) is 4.10. The third-order valence-corrected chi connectivity index (χ3v) is 3.71. The molecular formula is C12H14ClN3O4. The molecule has 0 radical (unpaired) electrons. The molecule has 0 aromatic heterocycles. The van der Waals surface area contributed by atoms with Crippen molar-refractivity contribution in [1.29, 1.82) is 0 Å². The zero-order chi connectivity index (χ0) is 14.9. The summed E-state index contributed by atoms with van der Waals surface area (Å²) in [6, 6.07) is 2.22. The van der Waals surface area contributed by atoms with Crippen molar-refractivity contribution in [3.05, 3.63) is 32.8 Å². The van der Waals surface area contributed by atoms with Crippen LogP contribution in [0, 0.1) is 16.0 Å². The number of anilines is 1. The highest BCUT2D eigenvalue weighted by Crippen LogP contribution is 2.36. The first kappa shape index (κ1) is 14.5. The summed E-state index contributed by atoms with van der Waals surface area (Å²) in [4.78, 5) is 23.3.